The first-order valence-electron chi connectivity index (χ1n) is 11.3. The Morgan fingerprint density at radius 2 is 1.83 bits per heavy atom. The van der Waals surface area contributed by atoms with Crippen molar-refractivity contribution in [2.24, 2.45) is 23.2 Å². The average Bonchev–Trinajstić information content (AvgIpc) is 3.36. The molecule has 0 spiro atoms. The van der Waals surface area contributed by atoms with Gasteiger partial charge in [-0.25, -0.2) is 0 Å². The van der Waals surface area contributed by atoms with Crippen LogP contribution in [0.3, 0.4) is 0 Å². The van der Waals surface area contributed by atoms with E-state index in [9.17, 15) is 20.4 Å². The van der Waals surface area contributed by atoms with Crippen molar-refractivity contribution in [1.82, 2.24) is 5.32 Å². The second kappa shape index (κ2) is 8.56. The summed E-state index contributed by atoms with van der Waals surface area (Å²) in [6.07, 6.45) is -0.0898. The largest absolute Gasteiger partial charge is 0.396 e. The fraction of sp³-hybridized carbons (Fsp3) is 1.00. The smallest absolute Gasteiger partial charge is 0.186 e. The molecule has 0 bridgehead atoms. The molecule has 2 heterocycles. The molecule has 176 valence electrons. The van der Waals surface area contributed by atoms with E-state index in [2.05, 4.69) is 46.9 Å². The number of hydrogen-bond acceptors (Lipinski definition) is 8. The van der Waals surface area contributed by atoms with E-state index < -0.39 is 42.7 Å². The Hall–Kier alpha value is -0.320. The molecule has 0 amide bonds. The summed E-state index contributed by atoms with van der Waals surface area (Å²) in [6.45, 7) is 13.1. The summed E-state index contributed by atoms with van der Waals surface area (Å²) in [6, 6.07) is 0. The van der Waals surface area contributed by atoms with Gasteiger partial charge in [-0.1, -0.05) is 34.6 Å². The Morgan fingerprint density at radius 3 is 2.37 bits per heavy atom. The molecule has 3 aliphatic rings. The molecule has 0 aromatic rings. The molecule has 30 heavy (non-hydrogen) atoms. The minimum absolute atomic E-state index is 0.0124. The number of aliphatic hydroxyl groups excluding tert-OH is 3. The van der Waals surface area contributed by atoms with E-state index in [4.69, 9.17) is 14.2 Å². The van der Waals surface area contributed by atoms with Crippen LogP contribution in [0.5, 0.6) is 0 Å². The third kappa shape index (κ3) is 4.57. The van der Waals surface area contributed by atoms with Crippen LogP contribution >= 0.6 is 0 Å². The van der Waals surface area contributed by atoms with Gasteiger partial charge < -0.3 is 34.6 Å². The molecule has 3 fully saturated rings. The van der Waals surface area contributed by atoms with Gasteiger partial charge in [0.15, 0.2) is 12.1 Å². The monoisotopic (exact) mass is 431 g/mol. The molecule has 1 saturated carbocycles. The lowest BCUT2D eigenvalue weighted by atomic mass is 9.76. The quantitative estimate of drug-likeness (QED) is 0.306. The molecule has 0 radical (unpaired) electrons. The Morgan fingerprint density at radius 1 is 1.17 bits per heavy atom. The van der Waals surface area contributed by atoms with Crippen molar-refractivity contribution in [1.29, 1.82) is 0 Å². The predicted molar refractivity (Wildman–Crippen MR) is 110 cm³/mol. The van der Waals surface area contributed by atoms with E-state index >= 15 is 0 Å². The van der Waals surface area contributed by atoms with Gasteiger partial charge in [-0.05, 0) is 37.5 Å². The lowest BCUT2D eigenvalue weighted by Gasteiger charge is -2.49. The number of nitrogens with one attached hydrogen (secondary N) is 1. The Kier molecular flexibility index (Phi) is 6.94. The maximum atomic E-state index is 10.5. The molecule has 0 aromatic heterocycles. The first-order valence-corrected chi connectivity index (χ1v) is 11.3. The van der Waals surface area contributed by atoms with E-state index in [0.29, 0.717) is 12.5 Å². The maximum Gasteiger partial charge on any atom is 0.186 e. The molecule has 8 nitrogen and oxygen atoms in total. The molecule has 0 aromatic carbocycles. The van der Waals surface area contributed by atoms with Crippen molar-refractivity contribution in [3.05, 3.63) is 0 Å². The second-order valence-electron chi connectivity index (χ2n) is 10.8. The van der Waals surface area contributed by atoms with Crippen molar-refractivity contribution >= 4 is 0 Å². The first kappa shape index (κ1) is 24.3. The third-order valence-electron chi connectivity index (χ3n) is 7.32. The molecule has 1 aliphatic carbocycles. The predicted octanol–water partition coefficient (Wildman–Crippen LogP) is 0.954. The molecule has 3 rings (SSSR count). The highest BCUT2D eigenvalue weighted by atomic mass is 16.8. The summed E-state index contributed by atoms with van der Waals surface area (Å²) in [5.74, 6) is -2.91. The van der Waals surface area contributed by atoms with E-state index in [1.165, 1.54) is 0 Å². The van der Waals surface area contributed by atoms with Gasteiger partial charge in [0.25, 0.3) is 0 Å². The van der Waals surface area contributed by atoms with Crippen LogP contribution in [-0.4, -0.2) is 75.8 Å². The number of hydrogen-bond donors (Lipinski definition) is 5. The van der Waals surface area contributed by atoms with E-state index in [1.54, 1.807) is 0 Å². The van der Waals surface area contributed by atoms with Crippen LogP contribution < -0.4 is 5.32 Å². The zero-order chi connectivity index (χ0) is 22.5. The van der Waals surface area contributed by atoms with Crippen molar-refractivity contribution in [2.75, 3.05) is 13.2 Å². The van der Waals surface area contributed by atoms with Crippen LogP contribution in [0.1, 0.15) is 60.8 Å². The summed E-state index contributed by atoms with van der Waals surface area (Å²) >= 11 is 0. The van der Waals surface area contributed by atoms with Crippen LogP contribution in [0.2, 0.25) is 0 Å². The molecular formula is C22H41NO7. The minimum atomic E-state index is -1.73. The zero-order valence-corrected chi connectivity index (χ0v) is 19.2. The highest BCUT2D eigenvalue weighted by Gasteiger charge is 2.71. The number of aliphatic hydroxyl groups is 4. The zero-order valence-electron chi connectivity index (χ0n) is 19.2. The number of rotatable bonds is 11. The van der Waals surface area contributed by atoms with Crippen LogP contribution in [0.15, 0.2) is 0 Å². The van der Waals surface area contributed by atoms with Crippen molar-refractivity contribution in [2.45, 2.75) is 103 Å². The van der Waals surface area contributed by atoms with Gasteiger partial charge in [0.1, 0.15) is 12.3 Å². The number of fused-ring (bicyclic) bond motifs is 1. The van der Waals surface area contributed by atoms with Crippen LogP contribution in [0.4, 0.5) is 0 Å². The van der Waals surface area contributed by atoms with Gasteiger partial charge in [-0.2, -0.15) is 0 Å². The van der Waals surface area contributed by atoms with Gasteiger partial charge in [0, 0.05) is 5.54 Å². The fourth-order valence-corrected chi connectivity index (χ4v) is 5.24. The lowest BCUT2D eigenvalue weighted by Crippen LogP contribution is -2.63. The summed E-state index contributed by atoms with van der Waals surface area (Å²) in [5.41, 5.74) is -0.0629. The van der Waals surface area contributed by atoms with Crippen LogP contribution in [0, 0.1) is 23.2 Å². The van der Waals surface area contributed by atoms with Crippen molar-refractivity contribution in [3.8, 4) is 0 Å². The van der Waals surface area contributed by atoms with Crippen molar-refractivity contribution in [3.63, 3.8) is 0 Å². The average molecular weight is 432 g/mol. The number of ether oxygens (including phenoxy) is 3. The third-order valence-corrected chi connectivity index (χ3v) is 7.32. The molecule has 5 N–H and O–H groups in total. The van der Waals surface area contributed by atoms with Gasteiger partial charge in [0.05, 0.1) is 37.3 Å². The van der Waals surface area contributed by atoms with Gasteiger partial charge >= 0.3 is 0 Å². The van der Waals surface area contributed by atoms with Gasteiger partial charge in [-0.15, -0.1) is 0 Å². The van der Waals surface area contributed by atoms with Crippen molar-refractivity contribution < 1.29 is 34.6 Å². The first-order chi connectivity index (χ1) is 13.9. The van der Waals surface area contributed by atoms with E-state index in [-0.39, 0.29) is 23.3 Å². The summed E-state index contributed by atoms with van der Waals surface area (Å²) in [5, 5.41) is 43.8. The van der Waals surface area contributed by atoms with E-state index in [1.807, 2.05) is 0 Å². The Balaban J connectivity index is 1.47. The fourth-order valence-electron chi connectivity index (χ4n) is 5.24. The summed E-state index contributed by atoms with van der Waals surface area (Å²) < 4.78 is 17.0. The normalized spacial score (nSPS) is 42.7. The van der Waals surface area contributed by atoms with E-state index in [0.717, 1.165) is 19.3 Å². The minimum Gasteiger partial charge on any atom is -0.396 e. The maximum absolute atomic E-state index is 10.5. The summed E-state index contributed by atoms with van der Waals surface area (Å²) in [4.78, 5) is 0. The SMILES string of the molecule is CCC(C)(CC(C)(C)CCOC1OC2(O)C(CO)C(O)C(O)C12)NC1OC1C(C)C. The Bertz CT molecular complexity index is 602. The molecule has 2 saturated heterocycles. The summed E-state index contributed by atoms with van der Waals surface area (Å²) in [7, 11) is 0. The lowest BCUT2D eigenvalue weighted by molar-refractivity contribution is -0.438. The van der Waals surface area contributed by atoms with Crippen LogP contribution in [-0.2, 0) is 14.2 Å². The molecule has 9 unspecified atom stereocenters. The number of epoxide rings is 1. The van der Waals surface area contributed by atoms with Crippen LogP contribution in [0.25, 0.3) is 0 Å². The molecule has 8 heteroatoms. The second-order valence-corrected chi connectivity index (χ2v) is 10.8. The Labute approximate surface area is 179 Å². The highest BCUT2D eigenvalue weighted by molar-refractivity contribution is 5.10. The van der Waals surface area contributed by atoms with Gasteiger partial charge in [0.2, 0.25) is 0 Å². The molecule has 9 atom stereocenters. The standard InChI is InChI=1S/C22H41NO7/c1-7-21(6,23-18-17(29-18)12(2)3)11-20(4,5)8-9-28-19-14-16(26)15(25)13(10-24)22(14,27)30-19/h12-19,23-27H,7-11H2,1-6H3. The molecule has 2 aliphatic heterocycles. The topological polar surface area (TPSA) is 124 Å². The highest BCUT2D eigenvalue weighted by Crippen LogP contribution is 2.53. The van der Waals surface area contributed by atoms with Gasteiger partial charge in [-0.3, -0.25) is 5.32 Å². The molecular weight excluding hydrogens is 390 g/mol.